The van der Waals surface area contributed by atoms with E-state index in [1.165, 1.54) is 57.8 Å². The third kappa shape index (κ3) is 43.7. The van der Waals surface area contributed by atoms with E-state index in [-0.39, 0.29) is 37.5 Å². The summed E-state index contributed by atoms with van der Waals surface area (Å²) in [6, 6.07) is 0. The van der Waals surface area contributed by atoms with Crippen LogP contribution in [-0.2, 0) is 28.6 Å². The summed E-state index contributed by atoms with van der Waals surface area (Å²) >= 11 is 0. The zero-order valence-electron chi connectivity index (χ0n) is 37.5. The summed E-state index contributed by atoms with van der Waals surface area (Å²) in [5.41, 5.74) is 0. The molecule has 0 rings (SSSR count). The first-order valence-corrected chi connectivity index (χ1v) is 23.6. The van der Waals surface area contributed by atoms with Gasteiger partial charge in [0.2, 0.25) is 0 Å². The van der Waals surface area contributed by atoms with Gasteiger partial charge in [0.1, 0.15) is 13.2 Å². The van der Waals surface area contributed by atoms with Gasteiger partial charge in [-0.05, 0) is 89.9 Å². The van der Waals surface area contributed by atoms with Crippen LogP contribution in [0.3, 0.4) is 0 Å². The number of allylic oxidation sites excluding steroid dienone is 14. The fourth-order valence-corrected chi connectivity index (χ4v) is 6.09. The van der Waals surface area contributed by atoms with Crippen molar-refractivity contribution < 1.29 is 28.6 Å². The standard InChI is InChI=1S/C52H86O6/c1-4-7-10-13-16-19-21-23-25-26-28-29-31-33-36-39-42-45-51(54)57-48-49(47-56-50(53)44-41-38-35-18-15-12-9-6-3)58-52(55)46-43-40-37-34-32-30-27-24-22-20-17-14-11-8-5-2/h7,10,16-17,19-20,23-25,27-29,33,36,49H,4-6,8-9,11-15,18,21-22,26,30-32,34-35,37-48H2,1-3H3/b10-7-,19-16-,20-17-,25-23-,27-24-,29-28-,36-33-. The van der Waals surface area contributed by atoms with Gasteiger partial charge in [-0.1, -0.05) is 183 Å². The topological polar surface area (TPSA) is 78.9 Å². The van der Waals surface area contributed by atoms with Crippen molar-refractivity contribution in [1.82, 2.24) is 0 Å². The number of carbonyl (C=O) groups excluding carboxylic acids is 3. The van der Waals surface area contributed by atoms with Crippen LogP contribution < -0.4 is 0 Å². The second kappa shape index (κ2) is 46.3. The van der Waals surface area contributed by atoms with Crippen molar-refractivity contribution in [3.63, 3.8) is 0 Å². The van der Waals surface area contributed by atoms with Crippen molar-refractivity contribution in [3.8, 4) is 0 Å². The monoisotopic (exact) mass is 807 g/mol. The Balaban J connectivity index is 4.46. The Kier molecular flexibility index (Phi) is 43.6. The Labute approximate surface area is 356 Å². The maximum atomic E-state index is 12.7. The quantitative estimate of drug-likeness (QED) is 0.0265. The lowest BCUT2D eigenvalue weighted by atomic mass is 10.1. The molecule has 0 aliphatic carbocycles. The first-order chi connectivity index (χ1) is 28.5. The lowest BCUT2D eigenvalue weighted by Crippen LogP contribution is -2.30. The fraction of sp³-hybridized carbons (Fsp3) is 0.673. The molecule has 0 heterocycles. The highest BCUT2D eigenvalue weighted by atomic mass is 16.6. The summed E-state index contributed by atoms with van der Waals surface area (Å²) in [6.07, 6.45) is 58.6. The molecule has 0 aromatic carbocycles. The molecule has 1 unspecified atom stereocenters. The van der Waals surface area contributed by atoms with E-state index in [0.29, 0.717) is 19.3 Å². The van der Waals surface area contributed by atoms with Gasteiger partial charge in [-0.15, -0.1) is 0 Å². The highest BCUT2D eigenvalue weighted by Gasteiger charge is 2.19. The maximum absolute atomic E-state index is 12.7. The molecule has 0 N–H and O–H groups in total. The highest BCUT2D eigenvalue weighted by Crippen LogP contribution is 2.12. The second-order valence-electron chi connectivity index (χ2n) is 15.3. The molecule has 0 bridgehead atoms. The number of unbranched alkanes of at least 4 members (excludes halogenated alkanes) is 16. The molecule has 1 atom stereocenters. The minimum atomic E-state index is -0.803. The number of hydrogen-bond acceptors (Lipinski definition) is 6. The maximum Gasteiger partial charge on any atom is 0.306 e. The van der Waals surface area contributed by atoms with E-state index in [0.717, 1.165) is 103 Å². The SMILES string of the molecule is CC/C=C\C/C=C\C/C=C\C/C=C\C/C=C\CCCC(=O)OCC(COC(=O)CCCCCCCCCC)OC(=O)CCCCCCC/C=C\C/C=C\CCCCC. The van der Waals surface area contributed by atoms with Crippen molar-refractivity contribution in [1.29, 1.82) is 0 Å². The zero-order valence-corrected chi connectivity index (χ0v) is 37.5. The third-order valence-corrected chi connectivity index (χ3v) is 9.63. The summed E-state index contributed by atoms with van der Waals surface area (Å²) in [5, 5.41) is 0. The Morgan fingerprint density at radius 3 is 1.16 bits per heavy atom. The first-order valence-electron chi connectivity index (χ1n) is 23.6. The average Bonchev–Trinajstić information content (AvgIpc) is 3.22. The van der Waals surface area contributed by atoms with Crippen molar-refractivity contribution in [2.24, 2.45) is 0 Å². The van der Waals surface area contributed by atoms with Gasteiger partial charge in [-0.3, -0.25) is 14.4 Å². The molecular weight excluding hydrogens is 721 g/mol. The van der Waals surface area contributed by atoms with Crippen LogP contribution >= 0.6 is 0 Å². The molecule has 330 valence electrons. The third-order valence-electron chi connectivity index (χ3n) is 9.63. The average molecular weight is 807 g/mol. The van der Waals surface area contributed by atoms with Crippen LogP contribution in [0.1, 0.15) is 207 Å². The second-order valence-corrected chi connectivity index (χ2v) is 15.3. The molecule has 0 aliphatic rings. The Hall–Kier alpha value is -3.41. The predicted molar refractivity (Wildman–Crippen MR) is 247 cm³/mol. The van der Waals surface area contributed by atoms with E-state index in [9.17, 15) is 14.4 Å². The van der Waals surface area contributed by atoms with Crippen LogP contribution in [0, 0.1) is 0 Å². The van der Waals surface area contributed by atoms with Gasteiger partial charge in [-0.2, -0.15) is 0 Å². The fourth-order valence-electron chi connectivity index (χ4n) is 6.09. The molecule has 0 aromatic rings. The van der Waals surface area contributed by atoms with E-state index >= 15 is 0 Å². The summed E-state index contributed by atoms with van der Waals surface area (Å²) in [6.45, 7) is 6.39. The van der Waals surface area contributed by atoms with Crippen molar-refractivity contribution in [3.05, 3.63) is 85.1 Å². The number of ether oxygens (including phenoxy) is 3. The van der Waals surface area contributed by atoms with E-state index in [2.05, 4.69) is 106 Å². The Bertz CT molecular complexity index is 1160. The number of hydrogen-bond donors (Lipinski definition) is 0. The molecular formula is C52H86O6. The van der Waals surface area contributed by atoms with Crippen LogP contribution in [0.25, 0.3) is 0 Å². The van der Waals surface area contributed by atoms with Gasteiger partial charge in [0.15, 0.2) is 6.10 Å². The summed E-state index contributed by atoms with van der Waals surface area (Å²) in [4.78, 5) is 37.7. The van der Waals surface area contributed by atoms with Gasteiger partial charge in [0, 0.05) is 19.3 Å². The summed E-state index contributed by atoms with van der Waals surface area (Å²) in [5.74, 6) is -0.985. The number of esters is 3. The van der Waals surface area contributed by atoms with Crippen LogP contribution in [0.15, 0.2) is 85.1 Å². The van der Waals surface area contributed by atoms with Crippen LogP contribution in [0.2, 0.25) is 0 Å². The van der Waals surface area contributed by atoms with Gasteiger partial charge < -0.3 is 14.2 Å². The molecule has 0 aromatic heterocycles. The van der Waals surface area contributed by atoms with E-state index in [1.54, 1.807) is 0 Å². The summed E-state index contributed by atoms with van der Waals surface area (Å²) < 4.78 is 16.6. The molecule has 0 radical (unpaired) electrons. The molecule has 0 fully saturated rings. The van der Waals surface area contributed by atoms with Crippen molar-refractivity contribution >= 4 is 17.9 Å². The van der Waals surface area contributed by atoms with Gasteiger partial charge >= 0.3 is 17.9 Å². The summed E-state index contributed by atoms with van der Waals surface area (Å²) in [7, 11) is 0. The molecule has 6 heteroatoms. The Morgan fingerprint density at radius 1 is 0.362 bits per heavy atom. The lowest BCUT2D eigenvalue weighted by Gasteiger charge is -2.18. The van der Waals surface area contributed by atoms with Crippen molar-refractivity contribution in [2.45, 2.75) is 213 Å². The van der Waals surface area contributed by atoms with Gasteiger partial charge in [0.25, 0.3) is 0 Å². The minimum absolute atomic E-state index is 0.100. The van der Waals surface area contributed by atoms with E-state index < -0.39 is 6.10 Å². The van der Waals surface area contributed by atoms with Gasteiger partial charge in [-0.25, -0.2) is 0 Å². The number of carbonyl (C=O) groups is 3. The molecule has 0 saturated carbocycles. The first kappa shape index (κ1) is 54.6. The van der Waals surface area contributed by atoms with Crippen LogP contribution in [0.4, 0.5) is 0 Å². The van der Waals surface area contributed by atoms with Crippen LogP contribution in [0.5, 0.6) is 0 Å². The molecule has 0 saturated heterocycles. The van der Waals surface area contributed by atoms with Crippen molar-refractivity contribution in [2.75, 3.05) is 13.2 Å². The van der Waals surface area contributed by atoms with E-state index in [1.807, 2.05) is 0 Å². The zero-order chi connectivity index (χ0) is 42.3. The molecule has 6 nitrogen and oxygen atoms in total. The molecule has 58 heavy (non-hydrogen) atoms. The van der Waals surface area contributed by atoms with E-state index in [4.69, 9.17) is 14.2 Å². The van der Waals surface area contributed by atoms with Gasteiger partial charge in [0.05, 0.1) is 0 Å². The lowest BCUT2D eigenvalue weighted by molar-refractivity contribution is -0.167. The Morgan fingerprint density at radius 2 is 0.690 bits per heavy atom. The highest BCUT2D eigenvalue weighted by molar-refractivity contribution is 5.71. The molecule has 0 amide bonds. The normalized spacial score (nSPS) is 12.8. The smallest absolute Gasteiger partial charge is 0.306 e. The minimum Gasteiger partial charge on any atom is -0.462 e. The largest absolute Gasteiger partial charge is 0.462 e. The molecule has 0 spiro atoms. The number of rotatable bonds is 41. The predicted octanol–water partition coefficient (Wildman–Crippen LogP) is 15.3. The van der Waals surface area contributed by atoms with Crippen LogP contribution in [-0.4, -0.2) is 37.2 Å². The molecule has 0 aliphatic heterocycles.